The van der Waals surface area contributed by atoms with Gasteiger partial charge < -0.3 is 15.2 Å². The quantitative estimate of drug-likeness (QED) is 0.854. The number of rotatable bonds is 5. The molecule has 0 spiro atoms. The molecule has 6 heteroatoms. The third-order valence-corrected chi connectivity index (χ3v) is 3.99. The normalized spacial score (nSPS) is 17.5. The highest BCUT2D eigenvalue weighted by atomic mass is 35.5. The summed E-state index contributed by atoms with van der Waals surface area (Å²) in [4.78, 5) is 14.2. The van der Waals surface area contributed by atoms with Gasteiger partial charge >= 0.3 is 0 Å². The Labute approximate surface area is 129 Å². The summed E-state index contributed by atoms with van der Waals surface area (Å²) in [5, 5.41) is 13.3. The fraction of sp³-hybridized carbons (Fsp3) is 0.533. The Morgan fingerprint density at radius 2 is 2.19 bits per heavy atom. The van der Waals surface area contributed by atoms with Crippen molar-refractivity contribution in [2.45, 2.75) is 13.0 Å². The van der Waals surface area contributed by atoms with Crippen molar-refractivity contribution < 1.29 is 14.6 Å². The van der Waals surface area contributed by atoms with Gasteiger partial charge in [0.2, 0.25) is 0 Å². The number of amides is 1. The maximum atomic E-state index is 12.1. The molecule has 1 aromatic rings. The number of hydrogen-bond donors (Lipinski definition) is 2. The van der Waals surface area contributed by atoms with Gasteiger partial charge in [-0.05, 0) is 24.6 Å². The minimum atomic E-state index is -0.591. The highest BCUT2D eigenvalue weighted by Crippen LogP contribution is 2.18. The van der Waals surface area contributed by atoms with Crippen LogP contribution in [0.3, 0.4) is 0 Å². The molecular weight excluding hydrogens is 292 g/mol. The largest absolute Gasteiger partial charge is 0.390 e. The van der Waals surface area contributed by atoms with Gasteiger partial charge in [0, 0.05) is 36.8 Å². The lowest BCUT2D eigenvalue weighted by atomic mass is 10.1. The first kappa shape index (κ1) is 16.2. The molecule has 2 rings (SSSR count). The number of aliphatic hydroxyl groups is 1. The third kappa shape index (κ3) is 4.68. The van der Waals surface area contributed by atoms with E-state index in [2.05, 4.69) is 10.2 Å². The van der Waals surface area contributed by atoms with Crippen molar-refractivity contribution in [1.29, 1.82) is 0 Å². The summed E-state index contributed by atoms with van der Waals surface area (Å²) in [6.45, 7) is 5.60. The average Bonchev–Trinajstić information content (AvgIpc) is 2.48. The summed E-state index contributed by atoms with van der Waals surface area (Å²) in [6.07, 6.45) is -0.591. The van der Waals surface area contributed by atoms with Gasteiger partial charge in [-0.2, -0.15) is 0 Å². The summed E-state index contributed by atoms with van der Waals surface area (Å²) in [5.41, 5.74) is 1.29. The first-order chi connectivity index (χ1) is 10.1. The van der Waals surface area contributed by atoms with Gasteiger partial charge in [0.15, 0.2) is 0 Å². The average molecular weight is 313 g/mol. The van der Waals surface area contributed by atoms with Crippen molar-refractivity contribution in [3.63, 3.8) is 0 Å². The van der Waals surface area contributed by atoms with Gasteiger partial charge in [-0.15, -0.1) is 0 Å². The lowest BCUT2D eigenvalue weighted by Crippen LogP contribution is -2.44. The van der Waals surface area contributed by atoms with Crippen molar-refractivity contribution in [2.24, 2.45) is 0 Å². The van der Waals surface area contributed by atoms with E-state index in [4.69, 9.17) is 16.3 Å². The number of β-amino-alcohol motifs (C(OH)–C–C–N with tert-alkyl or cyclic N) is 1. The molecule has 0 saturated carbocycles. The lowest BCUT2D eigenvalue weighted by molar-refractivity contribution is 0.0149. The summed E-state index contributed by atoms with van der Waals surface area (Å²) in [5.74, 6) is -0.212. The molecule has 1 heterocycles. The predicted molar refractivity (Wildman–Crippen MR) is 81.8 cm³/mol. The summed E-state index contributed by atoms with van der Waals surface area (Å²) in [6, 6.07) is 5.22. The van der Waals surface area contributed by atoms with Gasteiger partial charge in [0.1, 0.15) is 0 Å². The number of benzene rings is 1. The van der Waals surface area contributed by atoms with Crippen LogP contribution in [0.2, 0.25) is 5.02 Å². The van der Waals surface area contributed by atoms with Crippen LogP contribution < -0.4 is 5.32 Å². The maximum Gasteiger partial charge on any atom is 0.251 e. The van der Waals surface area contributed by atoms with Crippen LogP contribution in [0.5, 0.6) is 0 Å². The second kappa shape index (κ2) is 7.75. The van der Waals surface area contributed by atoms with Crippen molar-refractivity contribution in [3.05, 3.63) is 34.3 Å². The Bertz CT molecular complexity index is 490. The van der Waals surface area contributed by atoms with Crippen LogP contribution in [0.4, 0.5) is 0 Å². The Hall–Kier alpha value is -1.14. The van der Waals surface area contributed by atoms with Gasteiger partial charge in [0.05, 0.1) is 19.3 Å². The molecule has 0 unspecified atom stereocenters. The van der Waals surface area contributed by atoms with E-state index < -0.39 is 6.10 Å². The molecule has 1 saturated heterocycles. The van der Waals surface area contributed by atoms with E-state index in [9.17, 15) is 9.90 Å². The van der Waals surface area contributed by atoms with Crippen LogP contribution in [0.25, 0.3) is 0 Å². The van der Waals surface area contributed by atoms with E-state index in [0.29, 0.717) is 30.3 Å². The Morgan fingerprint density at radius 3 is 2.90 bits per heavy atom. The molecule has 1 atom stereocenters. The molecule has 1 aliphatic heterocycles. The van der Waals surface area contributed by atoms with Gasteiger partial charge in [-0.25, -0.2) is 0 Å². The smallest absolute Gasteiger partial charge is 0.251 e. The molecule has 5 nitrogen and oxygen atoms in total. The highest BCUT2D eigenvalue weighted by molar-refractivity contribution is 6.31. The Kier molecular flexibility index (Phi) is 5.99. The molecule has 21 heavy (non-hydrogen) atoms. The first-order valence-electron chi connectivity index (χ1n) is 7.09. The van der Waals surface area contributed by atoms with Crippen LogP contribution in [0.1, 0.15) is 15.9 Å². The Balaban J connectivity index is 1.81. The van der Waals surface area contributed by atoms with Crippen LogP contribution >= 0.6 is 11.6 Å². The van der Waals surface area contributed by atoms with Crippen molar-refractivity contribution in [3.8, 4) is 0 Å². The molecule has 2 N–H and O–H groups in total. The first-order valence-corrected chi connectivity index (χ1v) is 7.47. The Morgan fingerprint density at radius 1 is 1.48 bits per heavy atom. The van der Waals surface area contributed by atoms with Gasteiger partial charge in [-0.1, -0.05) is 17.7 Å². The van der Waals surface area contributed by atoms with Crippen LogP contribution in [-0.4, -0.2) is 61.4 Å². The molecule has 116 valence electrons. The standard InChI is InChI=1S/C15H21ClN2O3/c1-11-13(3-2-4-14(11)16)15(20)17-9-12(19)10-18-5-7-21-8-6-18/h2-4,12,19H,5-10H2,1H3,(H,17,20)/t12-/m0/s1. The molecule has 1 fully saturated rings. The van der Waals surface area contributed by atoms with Gasteiger partial charge in [-0.3, -0.25) is 9.69 Å². The molecular formula is C15H21ClN2O3. The SMILES string of the molecule is Cc1c(Cl)cccc1C(=O)NC[C@H](O)CN1CCOCC1. The number of hydrogen-bond acceptors (Lipinski definition) is 4. The molecule has 0 radical (unpaired) electrons. The zero-order valence-electron chi connectivity index (χ0n) is 12.1. The summed E-state index contributed by atoms with van der Waals surface area (Å²) >= 11 is 6.00. The fourth-order valence-electron chi connectivity index (χ4n) is 2.31. The number of carbonyl (C=O) groups is 1. The fourth-order valence-corrected chi connectivity index (χ4v) is 2.48. The highest BCUT2D eigenvalue weighted by Gasteiger charge is 2.16. The zero-order chi connectivity index (χ0) is 15.2. The molecule has 0 aliphatic carbocycles. The van der Waals surface area contributed by atoms with E-state index in [1.54, 1.807) is 25.1 Å². The lowest BCUT2D eigenvalue weighted by Gasteiger charge is -2.28. The van der Waals surface area contributed by atoms with E-state index in [1.165, 1.54) is 0 Å². The molecule has 0 bridgehead atoms. The van der Waals surface area contributed by atoms with E-state index in [-0.39, 0.29) is 12.5 Å². The number of aliphatic hydroxyl groups excluding tert-OH is 1. The topological polar surface area (TPSA) is 61.8 Å². The number of halogens is 1. The number of carbonyl (C=O) groups excluding carboxylic acids is 1. The van der Waals surface area contributed by atoms with E-state index in [1.807, 2.05) is 0 Å². The van der Waals surface area contributed by atoms with Crippen LogP contribution in [0, 0.1) is 6.92 Å². The molecule has 0 aromatic heterocycles. The zero-order valence-corrected chi connectivity index (χ0v) is 12.9. The molecule has 1 amide bonds. The predicted octanol–water partition coefficient (Wildman–Crippen LogP) is 1.07. The second-order valence-electron chi connectivity index (χ2n) is 5.19. The summed E-state index contributed by atoms with van der Waals surface area (Å²) < 4.78 is 5.26. The van der Waals surface area contributed by atoms with Crippen molar-refractivity contribution >= 4 is 17.5 Å². The monoisotopic (exact) mass is 312 g/mol. The third-order valence-electron chi connectivity index (χ3n) is 3.58. The molecule has 1 aromatic carbocycles. The van der Waals surface area contributed by atoms with Crippen LogP contribution in [0.15, 0.2) is 18.2 Å². The van der Waals surface area contributed by atoms with Crippen LogP contribution in [-0.2, 0) is 4.74 Å². The van der Waals surface area contributed by atoms with Crippen molar-refractivity contribution in [1.82, 2.24) is 10.2 Å². The minimum Gasteiger partial charge on any atom is -0.390 e. The van der Waals surface area contributed by atoms with E-state index in [0.717, 1.165) is 18.7 Å². The van der Waals surface area contributed by atoms with Crippen molar-refractivity contribution in [2.75, 3.05) is 39.4 Å². The molecule has 1 aliphatic rings. The van der Waals surface area contributed by atoms with Gasteiger partial charge in [0.25, 0.3) is 5.91 Å². The number of nitrogens with one attached hydrogen (secondary N) is 1. The second-order valence-corrected chi connectivity index (χ2v) is 5.60. The maximum absolute atomic E-state index is 12.1. The van der Waals surface area contributed by atoms with E-state index >= 15 is 0 Å². The number of morpholine rings is 1. The number of nitrogens with zero attached hydrogens (tertiary/aromatic N) is 1. The summed E-state index contributed by atoms with van der Waals surface area (Å²) in [7, 11) is 0. The number of ether oxygens (including phenoxy) is 1. The minimum absolute atomic E-state index is 0.212.